The Bertz CT molecular complexity index is 782. The number of fused-ring (bicyclic) bond motifs is 1. The van der Waals surface area contributed by atoms with E-state index in [4.69, 9.17) is 9.63 Å². The van der Waals surface area contributed by atoms with Crippen LogP contribution in [0.2, 0.25) is 0 Å². The molecule has 6 nitrogen and oxygen atoms in total. The third kappa shape index (κ3) is 7.33. The molecular weight excluding hydrogens is 356 g/mol. The van der Waals surface area contributed by atoms with Gasteiger partial charge in [0.15, 0.2) is 5.58 Å². The van der Waals surface area contributed by atoms with E-state index in [1.54, 1.807) is 0 Å². The van der Waals surface area contributed by atoms with Gasteiger partial charge >= 0.3 is 5.97 Å². The highest BCUT2D eigenvalue weighted by Gasteiger charge is 2.14. The molecule has 28 heavy (non-hydrogen) atoms. The van der Waals surface area contributed by atoms with Crippen molar-refractivity contribution in [2.75, 3.05) is 6.54 Å². The summed E-state index contributed by atoms with van der Waals surface area (Å²) in [5.41, 5.74) is 3.65. The smallest absolute Gasteiger partial charge is 0.303 e. The van der Waals surface area contributed by atoms with Gasteiger partial charge in [0.1, 0.15) is 5.69 Å². The summed E-state index contributed by atoms with van der Waals surface area (Å²) in [5, 5.41) is 16.6. The minimum atomic E-state index is -0.705. The number of nitrogens with zero attached hydrogens (tertiary/aromatic N) is 1. The number of hydrogen-bond acceptors (Lipinski definition) is 4. The average Bonchev–Trinajstić information content (AvgIpc) is 3.02. The Balaban J connectivity index is 1.56. The van der Waals surface area contributed by atoms with Crippen LogP contribution in [0.3, 0.4) is 0 Å². The molecule has 0 unspecified atom stereocenters. The molecule has 154 valence electrons. The van der Waals surface area contributed by atoms with E-state index in [1.165, 1.54) is 6.42 Å². The van der Waals surface area contributed by atoms with Crippen LogP contribution >= 0.6 is 0 Å². The van der Waals surface area contributed by atoms with E-state index >= 15 is 0 Å². The predicted molar refractivity (Wildman–Crippen MR) is 109 cm³/mol. The van der Waals surface area contributed by atoms with Crippen molar-refractivity contribution in [1.29, 1.82) is 0 Å². The van der Waals surface area contributed by atoms with Gasteiger partial charge in [-0.25, -0.2) is 0 Å². The number of aromatic nitrogens is 1. The lowest BCUT2D eigenvalue weighted by Gasteiger charge is -2.05. The van der Waals surface area contributed by atoms with Gasteiger partial charge in [0, 0.05) is 18.4 Å². The second-order valence-electron chi connectivity index (χ2n) is 7.58. The normalized spacial score (nSPS) is 11.1. The molecule has 1 heterocycles. The Hall–Kier alpha value is -2.37. The van der Waals surface area contributed by atoms with Gasteiger partial charge in [-0.2, -0.15) is 0 Å². The molecule has 2 rings (SSSR count). The van der Waals surface area contributed by atoms with Gasteiger partial charge in [-0.05, 0) is 43.9 Å². The maximum absolute atomic E-state index is 12.2. The molecule has 1 aromatic heterocycles. The van der Waals surface area contributed by atoms with Crippen LogP contribution in [0.1, 0.15) is 74.6 Å². The number of amides is 1. The van der Waals surface area contributed by atoms with Crippen LogP contribution in [0.4, 0.5) is 0 Å². The molecule has 0 aliphatic rings. The first kappa shape index (κ1) is 21.9. The van der Waals surface area contributed by atoms with Crippen molar-refractivity contribution >= 4 is 22.8 Å². The maximum atomic E-state index is 12.2. The second-order valence-corrected chi connectivity index (χ2v) is 7.58. The number of nitrogens with one attached hydrogen (secondary N) is 1. The number of carboxylic acids is 1. The van der Waals surface area contributed by atoms with Crippen molar-refractivity contribution in [3.05, 3.63) is 29.0 Å². The van der Waals surface area contributed by atoms with Gasteiger partial charge in [0.25, 0.3) is 0 Å². The number of carbonyl (C=O) groups excluding carboxylic acids is 1. The quantitative estimate of drug-likeness (QED) is 0.485. The average molecular weight is 389 g/mol. The summed E-state index contributed by atoms with van der Waals surface area (Å²) in [5.74, 6) is -0.724. The summed E-state index contributed by atoms with van der Waals surface area (Å²) in [4.78, 5) is 22.6. The summed E-state index contributed by atoms with van der Waals surface area (Å²) in [7, 11) is 0. The Morgan fingerprint density at radius 3 is 2.32 bits per heavy atom. The Labute approximate surface area is 166 Å². The van der Waals surface area contributed by atoms with Crippen molar-refractivity contribution in [2.45, 2.75) is 78.1 Å². The molecule has 1 amide bonds. The standard InChI is InChI=1S/C22H32N2O4/c1-16-13-17(2)22-18(24-28-19(22)14-16)15-20(25)23-12-10-8-6-4-3-5-7-9-11-21(26)27/h13-14H,3-12,15H2,1-2H3,(H,23,25)(H,26,27). The molecule has 0 bridgehead atoms. The van der Waals surface area contributed by atoms with Gasteiger partial charge in [-0.3, -0.25) is 9.59 Å². The fourth-order valence-corrected chi connectivity index (χ4v) is 3.55. The highest BCUT2D eigenvalue weighted by atomic mass is 16.5. The molecule has 2 aromatic rings. The zero-order valence-corrected chi connectivity index (χ0v) is 17.1. The van der Waals surface area contributed by atoms with E-state index in [9.17, 15) is 9.59 Å². The largest absolute Gasteiger partial charge is 0.481 e. The Morgan fingerprint density at radius 2 is 1.64 bits per heavy atom. The van der Waals surface area contributed by atoms with E-state index in [0.29, 0.717) is 12.2 Å². The third-order valence-corrected chi connectivity index (χ3v) is 4.95. The summed E-state index contributed by atoms with van der Waals surface area (Å²) < 4.78 is 5.37. The number of rotatable bonds is 13. The van der Waals surface area contributed by atoms with E-state index in [2.05, 4.69) is 16.5 Å². The zero-order chi connectivity index (χ0) is 20.4. The second kappa shape index (κ2) is 11.5. The van der Waals surface area contributed by atoms with E-state index < -0.39 is 5.97 Å². The van der Waals surface area contributed by atoms with Gasteiger partial charge in [0.2, 0.25) is 5.91 Å². The lowest BCUT2D eigenvalue weighted by molar-refractivity contribution is -0.137. The fraction of sp³-hybridized carbons (Fsp3) is 0.591. The number of hydrogen-bond donors (Lipinski definition) is 2. The van der Waals surface area contributed by atoms with E-state index in [0.717, 1.165) is 67.0 Å². The van der Waals surface area contributed by atoms with Crippen LogP contribution in [0.25, 0.3) is 11.0 Å². The van der Waals surface area contributed by atoms with Crippen LogP contribution in [-0.2, 0) is 16.0 Å². The highest BCUT2D eigenvalue weighted by Crippen LogP contribution is 2.24. The highest BCUT2D eigenvalue weighted by molar-refractivity contribution is 5.88. The fourth-order valence-electron chi connectivity index (χ4n) is 3.55. The number of aliphatic carboxylic acids is 1. The lowest BCUT2D eigenvalue weighted by atomic mass is 10.0. The van der Waals surface area contributed by atoms with Crippen molar-refractivity contribution in [2.24, 2.45) is 0 Å². The topological polar surface area (TPSA) is 92.4 Å². The monoisotopic (exact) mass is 388 g/mol. The molecule has 0 saturated heterocycles. The molecule has 0 aliphatic heterocycles. The third-order valence-electron chi connectivity index (χ3n) is 4.95. The van der Waals surface area contributed by atoms with Crippen molar-refractivity contribution < 1.29 is 19.2 Å². The first-order valence-corrected chi connectivity index (χ1v) is 10.3. The SMILES string of the molecule is Cc1cc(C)c2c(CC(=O)NCCCCCCCCCCC(=O)O)noc2c1. The van der Waals surface area contributed by atoms with Crippen LogP contribution < -0.4 is 5.32 Å². The van der Waals surface area contributed by atoms with Gasteiger partial charge in [-0.15, -0.1) is 0 Å². The Morgan fingerprint density at radius 1 is 1.00 bits per heavy atom. The molecule has 6 heteroatoms. The number of benzene rings is 1. The van der Waals surface area contributed by atoms with E-state index in [1.807, 2.05) is 19.9 Å². The summed E-state index contributed by atoms with van der Waals surface area (Å²) in [6.07, 6.45) is 8.96. The number of aryl methyl sites for hydroxylation is 2. The minimum Gasteiger partial charge on any atom is -0.481 e. The molecule has 0 aliphatic carbocycles. The van der Waals surface area contributed by atoms with Crippen molar-refractivity contribution in [3.63, 3.8) is 0 Å². The molecular formula is C22H32N2O4. The van der Waals surface area contributed by atoms with Gasteiger partial charge < -0.3 is 14.9 Å². The first-order chi connectivity index (χ1) is 13.5. The Kier molecular flexibility index (Phi) is 8.98. The van der Waals surface area contributed by atoms with Gasteiger partial charge in [0.05, 0.1) is 6.42 Å². The van der Waals surface area contributed by atoms with Crippen LogP contribution in [0.5, 0.6) is 0 Å². The van der Waals surface area contributed by atoms with Crippen molar-refractivity contribution in [1.82, 2.24) is 10.5 Å². The molecule has 0 spiro atoms. The minimum absolute atomic E-state index is 0.0198. The number of unbranched alkanes of at least 4 members (excludes halogenated alkanes) is 7. The van der Waals surface area contributed by atoms with E-state index in [-0.39, 0.29) is 18.7 Å². The zero-order valence-electron chi connectivity index (χ0n) is 17.1. The molecule has 1 aromatic carbocycles. The maximum Gasteiger partial charge on any atom is 0.303 e. The van der Waals surface area contributed by atoms with Crippen LogP contribution in [0.15, 0.2) is 16.7 Å². The summed E-state index contributed by atoms with van der Waals surface area (Å²) in [6, 6.07) is 4.02. The lowest BCUT2D eigenvalue weighted by Crippen LogP contribution is -2.26. The van der Waals surface area contributed by atoms with Crippen LogP contribution in [-0.4, -0.2) is 28.7 Å². The molecule has 0 radical (unpaired) electrons. The van der Waals surface area contributed by atoms with Crippen molar-refractivity contribution in [3.8, 4) is 0 Å². The molecule has 0 fully saturated rings. The predicted octanol–water partition coefficient (Wildman–Crippen LogP) is 4.70. The summed E-state index contributed by atoms with van der Waals surface area (Å²) in [6.45, 7) is 4.71. The first-order valence-electron chi connectivity index (χ1n) is 10.3. The summed E-state index contributed by atoms with van der Waals surface area (Å²) >= 11 is 0. The molecule has 0 atom stereocenters. The number of carboxylic acid groups (broad SMARTS) is 1. The molecule has 2 N–H and O–H groups in total. The molecule has 0 saturated carbocycles. The van der Waals surface area contributed by atoms with Crippen LogP contribution in [0, 0.1) is 13.8 Å². The van der Waals surface area contributed by atoms with Gasteiger partial charge in [-0.1, -0.05) is 49.7 Å². The number of carbonyl (C=O) groups is 2.